The first-order chi connectivity index (χ1) is 9.47. The van der Waals surface area contributed by atoms with Crippen LogP contribution in [0, 0.1) is 21.3 Å². The summed E-state index contributed by atoms with van der Waals surface area (Å²) in [7, 11) is 0. The number of hydrogen-bond donors (Lipinski definition) is 0. The van der Waals surface area contributed by atoms with Crippen LogP contribution in [0.1, 0.15) is 50.4 Å². The van der Waals surface area contributed by atoms with Crippen LogP contribution in [0.4, 0.5) is 0 Å². The summed E-state index contributed by atoms with van der Waals surface area (Å²) in [4.78, 5) is 12.3. The molecule has 0 amide bonds. The maximum absolute atomic E-state index is 12.3. The SMILES string of the molecule is CC(C)[C@@H]1CC[C@@H](C)C[C@H]1OC(=O)c1ccc(I)cc1. The first kappa shape index (κ1) is 15.8. The highest BCUT2D eigenvalue weighted by Crippen LogP contribution is 2.35. The second kappa shape index (κ2) is 6.92. The highest BCUT2D eigenvalue weighted by atomic mass is 127. The standard InChI is InChI=1S/C17H23IO2/c1-11(2)15-9-4-12(3)10-16(15)20-17(19)13-5-7-14(18)8-6-13/h5-8,11-12,15-16H,4,9-10H2,1-3H3/t12-,15+,16-/m1/s1. The van der Waals surface area contributed by atoms with Crippen molar-refractivity contribution in [3.05, 3.63) is 33.4 Å². The van der Waals surface area contributed by atoms with Crippen molar-refractivity contribution in [3.8, 4) is 0 Å². The fourth-order valence-electron chi connectivity index (χ4n) is 3.04. The zero-order chi connectivity index (χ0) is 14.7. The Morgan fingerprint density at radius 3 is 2.50 bits per heavy atom. The molecule has 3 atom stereocenters. The van der Waals surface area contributed by atoms with E-state index in [1.165, 1.54) is 12.8 Å². The minimum atomic E-state index is -0.175. The van der Waals surface area contributed by atoms with E-state index < -0.39 is 0 Å². The van der Waals surface area contributed by atoms with Gasteiger partial charge in [-0.15, -0.1) is 0 Å². The molecular weight excluding hydrogens is 363 g/mol. The molecule has 1 fully saturated rings. The third-order valence-corrected chi connectivity index (χ3v) is 5.02. The Bertz CT molecular complexity index is 453. The molecule has 1 aliphatic rings. The molecule has 110 valence electrons. The number of benzene rings is 1. The van der Waals surface area contributed by atoms with Crippen LogP contribution in [0.5, 0.6) is 0 Å². The summed E-state index contributed by atoms with van der Waals surface area (Å²) in [6, 6.07) is 7.59. The highest BCUT2D eigenvalue weighted by molar-refractivity contribution is 14.1. The third kappa shape index (κ3) is 3.96. The van der Waals surface area contributed by atoms with Crippen molar-refractivity contribution in [1.82, 2.24) is 0 Å². The van der Waals surface area contributed by atoms with Gasteiger partial charge < -0.3 is 4.74 Å². The maximum atomic E-state index is 12.3. The quantitative estimate of drug-likeness (QED) is 0.545. The van der Waals surface area contributed by atoms with Gasteiger partial charge in [0.05, 0.1) is 5.56 Å². The van der Waals surface area contributed by atoms with Gasteiger partial charge in [0.15, 0.2) is 0 Å². The Labute approximate surface area is 135 Å². The lowest BCUT2D eigenvalue weighted by atomic mass is 9.75. The Morgan fingerprint density at radius 2 is 1.90 bits per heavy atom. The molecule has 0 N–H and O–H groups in total. The van der Waals surface area contributed by atoms with Crippen LogP contribution in [0.15, 0.2) is 24.3 Å². The molecule has 0 unspecified atom stereocenters. The van der Waals surface area contributed by atoms with Crippen molar-refractivity contribution >= 4 is 28.6 Å². The third-order valence-electron chi connectivity index (χ3n) is 4.30. The summed E-state index contributed by atoms with van der Waals surface area (Å²) in [5, 5.41) is 0. The molecule has 0 spiro atoms. The predicted octanol–water partition coefficient (Wildman–Crippen LogP) is 4.91. The summed E-state index contributed by atoms with van der Waals surface area (Å²) >= 11 is 2.24. The molecule has 1 aliphatic carbocycles. The Balaban J connectivity index is 2.05. The van der Waals surface area contributed by atoms with E-state index in [1.54, 1.807) is 0 Å². The Morgan fingerprint density at radius 1 is 1.25 bits per heavy atom. The number of ether oxygens (including phenoxy) is 1. The molecule has 0 radical (unpaired) electrons. The summed E-state index contributed by atoms with van der Waals surface area (Å²) in [5.74, 6) is 1.54. The molecular formula is C17H23IO2. The van der Waals surface area contributed by atoms with Crippen molar-refractivity contribution in [2.75, 3.05) is 0 Å². The number of rotatable bonds is 3. The van der Waals surface area contributed by atoms with Crippen LogP contribution >= 0.6 is 22.6 Å². The highest BCUT2D eigenvalue weighted by Gasteiger charge is 2.33. The lowest BCUT2D eigenvalue weighted by Crippen LogP contribution is -2.35. The van der Waals surface area contributed by atoms with Gasteiger partial charge >= 0.3 is 5.97 Å². The van der Waals surface area contributed by atoms with Crippen LogP contribution in [0.25, 0.3) is 0 Å². The zero-order valence-electron chi connectivity index (χ0n) is 12.4. The molecule has 0 aromatic heterocycles. The molecule has 1 aromatic rings. The van der Waals surface area contributed by atoms with Crippen LogP contribution in [-0.4, -0.2) is 12.1 Å². The van der Waals surface area contributed by atoms with Gasteiger partial charge in [0.2, 0.25) is 0 Å². The normalized spacial score (nSPS) is 26.6. The smallest absolute Gasteiger partial charge is 0.338 e. The van der Waals surface area contributed by atoms with E-state index in [-0.39, 0.29) is 12.1 Å². The molecule has 1 saturated carbocycles. The lowest BCUT2D eigenvalue weighted by Gasteiger charge is -2.36. The van der Waals surface area contributed by atoms with Gasteiger partial charge in [-0.25, -0.2) is 4.79 Å². The maximum Gasteiger partial charge on any atom is 0.338 e. The number of esters is 1. The van der Waals surface area contributed by atoms with Gasteiger partial charge in [0.25, 0.3) is 0 Å². The van der Waals surface area contributed by atoms with Crippen LogP contribution < -0.4 is 0 Å². The summed E-state index contributed by atoms with van der Waals surface area (Å²) in [6.45, 7) is 6.71. The summed E-state index contributed by atoms with van der Waals surface area (Å²) in [5.41, 5.74) is 0.658. The largest absolute Gasteiger partial charge is 0.458 e. The fourth-order valence-corrected chi connectivity index (χ4v) is 3.40. The van der Waals surface area contributed by atoms with E-state index in [4.69, 9.17) is 4.74 Å². The minimum absolute atomic E-state index is 0.0746. The van der Waals surface area contributed by atoms with Crippen molar-refractivity contribution in [2.24, 2.45) is 17.8 Å². The fraction of sp³-hybridized carbons (Fsp3) is 0.588. The summed E-state index contributed by atoms with van der Waals surface area (Å²) < 4.78 is 6.95. The molecule has 3 heteroatoms. The van der Waals surface area contributed by atoms with Gasteiger partial charge in [-0.2, -0.15) is 0 Å². The Kier molecular flexibility index (Phi) is 5.47. The molecule has 0 aliphatic heterocycles. The second-order valence-electron chi connectivity index (χ2n) is 6.28. The van der Waals surface area contributed by atoms with Crippen LogP contribution in [-0.2, 0) is 4.74 Å². The first-order valence-electron chi connectivity index (χ1n) is 7.44. The monoisotopic (exact) mass is 386 g/mol. The molecule has 2 nitrogen and oxygen atoms in total. The number of carbonyl (C=O) groups is 1. The zero-order valence-corrected chi connectivity index (χ0v) is 14.6. The number of hydrogen-bond acceptors (Lipinski definition) is 2. The second-order valence-corrected chi connectivity index (χ2v) is 7.52. The van der Waals surface area contributed by atoms with Gasteiger partial charge in [-0.05, 0) is 77.5 Å². The van der Waals surface area contributed by atoms with Gasteiger partial charge in [-0.3, -0.25) is 0 Å². The average Bonchev–Trinajstić information content (AvgIpc) is 2.39. The van der Waals surface area contributed by atoms with Crippen LogP contribution in [0.2, 0.25) is 0 Å². The molecule has 20 heavy (non-hydrogen) atoms. The number of halogens is 1. The number of carbonyl (C=O) groups excluding carboxylic acids is 1. The van der Waals surface area contributed by atoms with Gasteiger partial charge in [-0.1, -0.05) is 27.2 Å². The van der Waals surface area contributed by atoms with E-state index in [0.29, 0.717) is 23.3 Å². The van der Waals surface area contributed by atoms with Crippen molar-refractivity contribution in [2.45, 2.75) is 46.1 Å². The van der Waals surface area contributed by atoms with E-state index >= 15 is 0 Å². The van der Waals surface area contributed by atoms with Gasteiger partial charge in [0, 0.05) is 3.57 Å². The topological polar surface area (TPSA) is 26.3 Å². The lowest BCUT2D eigenvalue weighted by molar-refractivity contribution is -0.0174. The average molecular weight is 386 g/mol. The van der Waals surface area contributed by atoms with E-state index in [9.17, 15) is 4.79 Å². The molecule has 0 saturated heterocycles. The van der Waals surface area contributed by atoms with Gasteiger partial charge in [0.1, 0.15) is 6.10 Å². The van der Waals surface area contributed by atoms with E-state index in [1.807, 2.05) is 24.3 Å². The van der Waals surface area contributed by atoms with E-state index in [0.717, 1.165) is 9.99 Å². The minimum Gasteiger partial charge on any atom is -0.458 e. The first-order valence-corrected chi connectivity index (χ1v) is 8.51. The van der Waals surface area contributed by atoms with Crippen molar-refractivity contribution in [1.29, 1.82) is 0 Å². The Hall–Kier alpha value is -0.580. The van der Waals surface area contributed by atoms with Crippen molar-refractivity contribution in [3.63, 3.8) is 0 Å². The predicted molar refractivity (Wildman–Crippen MR) is 89.7 cm³/mol. The van der Waals surface area contributed by atoms with Crippen LogP contribution in [0.3, 0.4) is 0 Å². The van der Waals surface area contributed by atoms with E-state index in [2.05, 4.69) is 43.4 Å². The molecule has 2 rings (SSSR count). The summed E-state index contributed by atoms with van der Waals surface area (Å²) in [6.07, 6.45) is 3.49. The molecule has 1 aromatic carbocycles. The molecule has 0 bridgehead atoms. The molecule has 0 heterocycles. The van der Waals surface area contributed by atoms with Crippen molar-refractivity contribution < 1.29 is 9.53 Å².